The van der Waals surface area contributed by atoms with Gasteiger partial charge in [0.25, 0.3) is 0 Å². The number of hydrogen-bond donors (Lipinski definition) is 0. The molecule has 0 bridgehead atoms. The molecular formula is C27H33Cl2CoN2O4. The minimum Gasteiger partial charge on any atom is -0.872 e. The van der Waals surface area contributed by atoms with Crippen molar-refractivity contribution >= 4 is 41.6 Å². The number of nitrogens with zero attached hydrogens (tertiary/aromatic N) is 2. The zero-order valence-corrected chi connectivity index (χ0v) is 23.8. The summed E-state index contributed by atoms with van der Waals surface area (Å²) in [5.74, 6) is -1.01. The first-order chi connectivity index (χ1) is 16.5. The second-order valence-electron chi connectivity index (χ2n) is 8.57. The van der Waals surface area contributed by atoms with Gasteiger partial charge in [0.2, 0.25) is 0 Å². The Morgan fingerprint density at radius 2 is 1.17 bits per heavy atom. The number of aryl methyl sites for hydroxylation is 4. The molecule has 1 saturated carbocycles. The minimum atomic E-state index is -1.08. The van der Waals surface area contributed by atoms with Crippen LogP contribution in [0.3, 0.4) is 0 Å². The molecule has 6 nitrogen and oxygen atoms in total. The average molecular weight is 579 g/mol. The van der Waals surface area contributed by atoms with Gasteiger partial charge in [0, 0.05) is 18.4 Å². The molecule has 198 valence electrons. The van der Waals surface area contributed by atoms with E-state index in [2.05, 4.69) is 0 Å². The van der Waals surface area contributed by atoms with Gasteiger partial charge in [-0.2, -0.15) is 0 Å². The smallest absolute Gasteiger partial charge is 0.872 e. The number of benzene rings is 2. The molecule has 2 aromatic carbocycles. The van der Waals surface area contributed by atoms with Gasteiger partial charge >= 0.3 is 16.8 Å². The first-order valence-electron chi connectivity index (χ1n) is 11.4. The zero-order chi connectivity index (χ0) is 26.5. The van der Waals surface area contributed by atoms with Crippen molar-refractivity contribution in [1.82, 2.24) is 0 Å². The molecule has 0 spiro atoms. The number of carbonyl (C=O) groups is 1. The second-order valence-corrected chi connectivity index (χ2v) is 9.38. The topological polar surface area (TPSA) is 111 Å². The number of rotatable bonds is 4. The van der Waals surface area contributed by atoms with E-state index in [1.165, 1.54) is 0 Å². The summed E-state index contributed by atoms with van der Waals surface area (Å²) in [6, 6.07) is 7.67. The SMILES string of the molecule is CC(=O)[O-].Cc1cc(C)c([O-])c(C=N[C@H]2CCCC[C@@H]2N=Cc2cc(C)cc(C)c2[O-])c1.ClCCl.[Co+3]. The van der Waals surface area contributed by atoms with Crippen LogP contribution >= 0.6 is 23.2 Å². The van der Waals surface area contributed by atoms with Crippen LogP contribution in [0.1, 0.15) is 66.0 Å². The van der Waals surface area contributed by atoms with Crippen molar-refractivity contribution in [1.29, 1.82) is 0 Å². The Labute approximate surface area is 234 Å². The summed E-state index contributed by atoms with van der Waals surface area (Å²) in [5.41, 5.74) is 4.91. The van der Waals surface area contributed by atoms with Crippen LogP contribution in [-0.2, 0) is 21.6 Å². The monoisotopic (exact) mass is 578 g/mol. The number of carboxylic acids is 1. The third kappa shape index (κ3) is 11.8. The molecule has 1 aliphatic carbocycles. The molecule has 0 radical (unpaired) electrons. The third-order valence-electron chi connectivity index (χ3n) is 5.40. The van der Waals surface area contributed by atoms with Gasteiger partial charge in [-0.05, 0) is 58.6 Å². The quantitative estimate of drug-likeness (QED) is 0.401. The molecule has 0 unspecified atom stereocenters. The normalized spacial score (nSPS) is 17.0. The molecule has 1 aliphatic rings. The summed E-state index contributed by atoms with van der Waals surface area (Å²) in [5, 5.41) is 33.7. The van der Waals surface area contributed by atoms with Crippen molar-refractivity contribution in [3.8, 4) is 11.5 Å². The van der Waals surface area contributed by atoms with E-state index in [0.29, 0.717) is 11.1 Å². The molecule has 0 aliphatic heterocycles. The number of halogens is 2. The summed E-state index contributed by atoms with van der Waals surface area (Å²) in [6.45, 7) is 8.62. The molecule has 36 heavy (non-hydrogen) atoms. The number of carbonyl (C=O) groups excluding carboxylic acids is 1. The van der Waals surface area contributed by atoms with Crippen LogP contribution in [-0.4, -0.2) is 35.8 Å². The Balaban J connectivity index is 0.00000137. The van der Waals surface area contributed by atoms with Gasteiger partial charge in [-0.15, -0.1) is 23.2 Å². The fourth-order valence-corrected chi connectivity index (χ4v) is 3.96. The van der Waals surface area contributed by atoms with E-state index in [0.717, 1.165) is 54.9 Å². The van der Waals surface area contributed by atoms with Crippen LogP contribution in [0.4, 0.5) is 0 Å². The Morgan fingerprint density at radius 1 is 0.861 bits per heavy atom. The van der Waals surface area contributed by atoms with Crippen LogP contribution < -0.4 is 15.3 Å². The minimum absolute atomic E-state index is 0. The molecule has 1 fully saturated rings. The van der Waals surface area contributed by atoms with E-state index >= 15 is 0 Å². The van der Waals surface area contributed by atoms with E-state index in [4.69, 9.17) is 43.1 Å². The fraction of sp³-hybridized carbons (Fsp3) is 0.444. The number of alkyl halides is 2. The van der Waals surface area contributed by atoms with Crippen LogP contribution in [0.15, 0.2) is 34.3 Å². The van der Waals surface area contributed by atoms with Crippen molar-refractivity contribution in [3.05, 3.63) is 57.6 Å². The summed E-state index contributed by atoms with van der Waals surface area (Å²) < 4.78 is 0. The number of aliphatic carboxylic acids is 1. The summed E-state index contributed by atoms with van der Waals surface area (Å²) in [6.07, 6.45) is 7.57. The van der Waals surface area contributed by atoms with Crippen molar-refractivity contribution in [2.24, 2.45) is 9.98 Å². The molecule has 0 aromatic heterocycles. The van der Waals surface area contributed by atoms with Crippen LogP contribution in [0.2, 0.25) is 0 Å². The molecule has 9 heteroatoms. The van der Waals surface area contributed by atoms with E-state index in [1.54, 1.807) is 12.4 Å². The van der Waals surface area contributed by atoms with Gasteiger partial charge in [-0.1, -0.05) is 70.9 Å². The standard InChI is InChI=1S/C24H30N2O2.C2H4O2.CH2Cl2.Co/c1-15-9-17(3)23(27)19(11-15)13-25-21-7-5-6-8-22(21)26-14-20-12-16(2)10-18(4)24(20)28;1-2(3)4;2-1-3;/h9-14,21-22,27-28H,5-8H2,1-4H3;1H3,(H,3,4);1H2;/q;;;+3/p-3/t21-,22-;;;/m0.../s1. The van der Waals surface area contributed by atoms with Gasteiger partial charge < -0.3 is 20.1 Å². The van der Waals surface area contributed by atoms with Crippen LogP contribution in [0, 0.1) is 27.7 Å². The molecule has 0 heterocycles. The van der Waals surface area contributed by atoms with Crippen molar-refractivity contribution in [3.63, 3.8) is 0 Å². The first-order valence-corrected chi connectivity index (χ1v) is 12.5. The molecule has 0 saturated heterocycles. The first kappa shape index (κ1) is 33.9. The maximum Gasteiger partial charge on any atom is 3.00 e. The molecule has 0 N–H and O–H groups in total. The Morgan fingerprint density at radius 3 is 1.47 bits per heavy atom. The Hall–Kier alpha value is -2.06. The predicted octanol–water partition coefficient (Wildman–Crippen LogP) is 4.09. The largest absolute Gasteiger partial charge is 3.00 e. The summed E-state index contributed by atoms with van der Waals surface area (Å²) in [4.78, 5) is 18.4. The number of carboxylic acid groups (broad SMARTS) is 1. The predicted molar refractivity (Wildman–Crippen MR) is 139 cm³/mol. The van der Waals surface area contributed by atoms with Crippen molar-refractivity contribution in [2.75, 3.05) is 5.34 Å². The van der Waals surface area contributed by atoms with Gasteiger partial charge in [0.05, 0.1) is 17.4 Å². The number of aliphatic imine (C=N–C) groups is 2. The van der Waals surface area contributed by atoms with Crippen molar-refractivity contribution < 1.29 is 36.9 Å². The third-order valence-corrected chi connectivity index (χ3v) is 5.40. The van der Waals surface area contributed by atoms with E-state index < -0.39 is 5.97 Å². The van der Waals surface area contributed by atoms with Crippen molar-refractivity contribution in [2.45, 2.75) is 72.4 Å². The Bertz CT molecular complexity index is 965. The van der Waals surface area contributed by atoms with Gasteiger partial charge in [0.15, 0.2) is 0 Å². The molecule has 3 rings (SSSR count). The Kier molecular flexibility index (Phi) is 16.4. The average Bonchev–Trinajstić information content (AvgIpc) is 2.77. The molecule has 0 amide bonds. The fourth-order valence-electron chi connectivity index (χ4n) is 3.96. The second kappa shape index (κ2) is 17.4. The number of hydrogen-bond acceptors (Lipinski definition) is 6. The van der Waals surface area contributed by atoms with E-state index in [1.807, 2.05) is 52.0 Å². The van der Waals surface area contributed by atoms with Crippen LogP contribution in [0.5, 0.6) is 11.5 Å². The van der Waals surface area contributed by atoms with E-state index in [-0.39, 0.29) is 45.7 Å². The summed E-state index contributed by atoms with van der Waals surface area (Å²) in [7, 11) is 0. The molecule has 2 atom stereocenters. The molecule has 2 aromatic rings. The summed E-state index contributed by atoms with van der Waals surface area (Å²) >= 11 is 9.53. The van der Waals surface area contributed by atoms with E-state index in [9.17, 15) is 10.2 Å². The van der Waals surface area contributed by atoms with Gasteiger partial charge in [0.1, 0.15) is 0 Å². The van der Waals surface area contributed by atoms with Gasteiger partial charge in [-0.3, -0.25) is 9.98 Å². The van der Waals surface area contributed by atoms with Gasteiger partial charge in [-0.25, -0.2) is 0 Å². The zero-order valence-electron chi connectivity index (χ0n) is 21.3. The maximum atomic E-state index is 12.3. The maximum absolute atomic E-state index is 12.3. The van der Waals surface area contributed by atoms with Crippen LogP contribution in [0.25, 0.3) is 0 Å². The molecular weight excluding hydrogens is 546 g/mol.